The standard InChI is InChI=1S/C15H23N3O3S/c1-11(2)9-17-15(19)14-8-12(4-6-16-14)18(3)13-5-7-22(20,21)10-13/h4,6,8,11,13H,5,7,9-10H2,1-3H3,(H,17,19). The number of sulfone groups is 1. The molecule has 0 saturated carbocycles. The maximum absolute atomic E-state index is 12.1. The van der Waals surface area contributed by atoms with Crippen LogP contribution in [0.2, 0.25) is 0 Å². The summed E-state index contributed by atoms with van der Waals surface area (Å²) in [5.41, 5.74) is 1.16. The molecule has 0 aliphatic carbocycles. The van der Waals surface area contributed by atoms with Gasteiger partial charge in [0.05, 0.1) is 11.5 Å². The van der Waals surface area contributed by atoms with Crippen molar-refractivity contribution in [1.29, 1.82) is 0 Å². The molecule has 6 nitrogen and oxygen atoms in total. The second-order valence-corrected chi connectivity index (χ2v) is 8.40. The molecule has 22 heavy (non-hydrogen) atoms. The first-order valence-corrected chi connectivity index (χ1v) is 9.28. The molecule has 1 aromatic heterocycles. The lowest BCUT2D eigenvalue weighted by Crippen LogP contribution is -2.33. The van der Waals surface area contributed by atoms with Crippen LogP contribution in [-0.4, -0.2) is 50.4 Å². The first-order chi connectivity index (χ1) is 10.3. The summed E-state index contributed by atoms with van der Waals surface area (Å²) in [4.78, 5) is 18.1. The Morgan fingerprint density at radius 3 is 2.82 bits per heavy atom. The predicted octanol–water partition coefficient (Wildman–Crippen LogP) is 1.09. The third-order valence-corrected chi connectivity index (χ3v) is 5.56. The summed E-state index contributed by atoms with van der Waals surface area (Å²) in [6.07, 6.45) is 2.20. The van der Waals surface area contributed by atoms with Gasteiger partial charge in [-0.2, -0.15) is 0 Å². The average molecular weight is 325 g/mol. The van der Waals surface area contributed by atoms with E-state index in [2.05, 4.69) is 10.3 Å². The van der Waals surface area contributed by atoms with Crippen LogP contribution in [0.4, 0.5) is 5.69 Å². The lowest BCUT2D eigenvalue weighted by Gasteiger charge is -2.25. The molecule has 1 atom stereocenters. The molecule has 2 heterocycles. The van der Waals surface area contributed by atoms with Crippen LogP contribution in [0.25, 0.3) is 0 Å². The molecule has 1 aromatic rings. The van der Waals surface area contributed by atoms with Crippen LogP contribution >= 0.6 is 0 Å². The van der Waals surface area contributed by atoms with Crippen molar-refractivity contribution in [1.82, 2.24) is 10.3 Å². The van der Waals surface area contributed by atoms with Crippen molar-refractivity contribution in [3.63, 3.8) is 0 Å². The first-order valence-electron chi connectivity index (χ1n) is 7.46. The Kier molecular flexibility index (Phi) is 5.05. The van der Waals surface area contributed by atoms with Crippen LogP contribution < -0.4 is 10.2 Å². The van der Waals surface area contributed by atoms with Crippen molar-refractivity contribution in [3.8, 4) is 0 Å². The van der Waals surface area contributed by atoms with Crippen molar-refractivity contribution < 1.29 is 13.2 Å². The van der Waals surface area contributed by atoms with E-state index in [-0.39, 0.29) is 23.5 Å². The van der Waals surface area contributed by atoms with E-state index >= 15 is 0 Å². The number of anilines is 1. The van der Waals surface area contributed by atoms with Crippen LogP contribution in [0, 0.1) is 5.92 Å². The van der Waals surface area contributed by atoms with Gasteiger partial charge in [0, 0.05) is 31.5 Å². The molecule has 122 valence electrons. The van der Waals surface area contributed by atoms with Crippen LogP contribution in [-0.2, 0) is 9.84 Å². The van der Waals surface area contributed by atoms with Crippen LogP contribution in [0.1, 0.15) is 30.8 Å². The maximum atomic E-state index is 12.1. The van der Waals surface area contributed by atoms with Gasteiger partial charge >= 0.3 is 0 Å². The van der Waals surface area contributed by atoms with E-state index in [1.165, 1.54) is 0 Å². The number of aromatic nitrogens is 1. The fraction of sp³-hybridized carbons (Fsp3) is 0.600. The van der Waals surface area contributed by atoms with Crippen molar-refractivity contribution in [2.45, 2.75) is 26.3 Å². The molecule has 0 spiro atoms. The highest BCUT2D eigenvalue weighted by Crippen LogP contribution is 2.23. The molecular weight excluding hydrogens is 302 g/mol. The quantitative estimate of drug-likeness (QED) is 0.877. The Morgan fingerprint density at radius 2 is 2.23 bits per heavy atom. The first kappa shape index (κ1) is 16.7. The molecular formula is C15H23N3O3S. The van der Waals surface area contributed by atoms with E-state index in [0.29, 0.717) is 24.6 Å². The van der Waals surface area contributed by atoms with Crippen LogP contribution in [0.3, 0.4) is 0 Å². The molecule has 1 fully saturated rings. The third-order valence-electron chi connectivity index (χ3n) is 3.81. The van der Waals surface area contributed by atoms with Crippen molar-refractivity contribution in [2.24, 2.45) is 5.92 Å². The number of carbonyl (C=O) groups excluding carboxylic acids is 1. The Bertz CT molecular complexity index is 643. The number of hydrogen-bond donors (Lipinski definition) is 1. The second kappa shape index (κ2) is 6.64. The molecule has 1 aliphatic heterocycles. The molecule has 0 bridgehead atoms. The lowest BCUT2D eigenvalue weighted by molar-refractivity contribution is 0.0944. The summed E-state index contributed by atoms with van der Waals surface area (Å²) >= 11 is 0. The van der Waals surface area contributed by atoms with E-state index in [1.54, 1.807) is 18.3 Å². The van der Waals surface area contributed by atoms with Gasteiger partial charge in [-0.1, -0.05) is 13.8 Å². The summed E-state index contributed by atoms with van der Waals surface area (Å²) in [6, 6.07) is 3.46. The van der Waals surface area contributed by atoms with Gasteiger partial charge in [0.15, 0.2) is 9.84 Å². The minimum atomic E-state index is -2.93. The van der Waals surface area contributed by atoms with E-state index in [9.17, 15) is 13.2 Å². The van der Waals surface area contributed by atoms with Gasteiger partial charge in [-0.3, -0.25) is 9.78 Å². The Morgan fingerprint density at radius 1 is 1.50 bits per heavy atom. The van der Waals surface area contributed by atoms with Gasteiger partial charge in [0.1, 0.15) is 5.69 Å². The zero-order chi connectivity index (χ0) is 16.3. The molecule has 1 saturated heterocycles. The highest BCUT2D eigenvalue weighted by molar-refractivity contribution is 7.91. The number of nitrogens with zero attached hydrogens (tertiary/aromatic N) is 2. The van der Waals surface area contributed by atoms with Gasteiger partial charge in [0.2, 0.25) is 0 Å². The number of hydrogen-bond acceptors (Lipinski definition) is 5. The van der Waals surface area contributed by atoms with E-state index < -0.39 is 9.84 Å². The predicted molar refractivity (Wildman–Crippen MR) is 86.9 cm³/mol. The SMILES string of the molecule is CC(C)CNC(=O)c1cc(N(C)C2CCS(=O)(=O)C2)ccn1. The molecule has 1 aliphatic rings. The number of carbonyl (C=O) groups is 1. The van der Waals surface area contributed by atoms with Gasteiger partial charge in [0.25, 0.3) is 5.91 Å². The second-order valence-electron chi connectivity index (χ2n) is 6.17. The number of rotatable bonds is 5. The third kappa shape index (κ3) is 4.19. The van der Waals surface area contributed by atoms with Crippen LogP contribution in [0.15, 0.2) is 18.3 Å². The van der Waals surface area contributed by atoms with Gasteiger partial charge in [-0.15, -0.1) is 0 Å². The Labute approximate surface area is 131 Å². The topological polar surface area (TPSA) is 79.4 Å². The van der Waals surface area contributed by atoms with E-state index in [4.69, 9.17) is 0 Å². The van der Waals surface area contributed by atoms with Crippen molar-refractivity contribution in [3.05, 3.63) is 24.0 Å². The Hall–Kier alpha value is -1.63. The number of amides is 1. The van der Waals surface area contributed by atoms with Crippen LogP contribution in [0.5, 0.6) is 0 Å². The monoisotopic (exact) mass is 325 g/mol. The smallest absolute Gasteiger partial charge is 0.269 e. The minimum absolute atomic E-state index is 0.0426. The molecule has 0 radical (unpaired) electrons. The van der Waals surface area contributed by atoms with E-state index in [0.717, 1.165) is 5.69 Å². The van der Waals surface area contributed by atoms with Gasteiger partial charge < -0.3 is 10.2 Å². The highest BCUT2D eigenvalue weighted by atomic mass is 32.2. The van der Waals surface area contributed by atoms with Gasteiger partial charge in [-0.05, 0) is 24.5 Å². The highest BCUT2D eigenvalue weighted by Gasteiger charge is 2.31. The largest absolute Gasteiger partial charge is 0.370 e. The summed E-state index contributed by atoms with van der Waals surface area (Å²) in [7, 11) is -1.07. The summed E-state index contributed by atoms with van der Waals surface area (Å²) < 4.78 is 23.2. The molecule has 1 N–H and O–H groups in total. The summed E-state index contributed by atoms with van der Waals surface area (Å²) in [5, 5.41) is 2.83. The zero-order valence-corrected chi connectivity index (χ0v) is 14.1. The lowest BCUT2D eigenvalue weighted by atomic mass is 10.2. The zero-order valence-electron chi connectivity index (χ0n) is 13.2. The Balaban J connectivity index is 2.09. The fourth-order valence-electron chi connectivity index (χ4n) is 2.44. The number of pyridine rings is 1. The minimum Gasteiger partial charge on any atom is -0.370 e. The molecule has 2 rings (SSSR count). The summed E-state index contributed by atoms with van der Waals surface area (Å²) in [6.45, 7) is 4.65. The molecule has 1 unspecified atom stereocenters. The van der Waals surface area contributed by atoms with E-state index in [1.807, 2.05) is 25.8 Å². The summed E-state index contributed by atoms with van der Waals surface area (Å²) in [5.74, 6) is 0.566. The average Bonchev–Trinajstić information content (AvgIpc) is 2.84. The maximum Gasteiger partial charge on any atom is 0.269 e. The molecule has 0 aromatic carbocycles. The van der Waals surface area contributed by atoms with Crippen molar-refractivity contribution >= 4 is 21.4 Å². The molecule has 7 heteroatoms. The van der Waals surface area contributed by atoms with Gasteiger partial charge in [-0.25, -0.2) is 8.42 Å². The fourth-order valence-corrected chi connectivity index (χ4v) is 4.22. The van der Waals surface area contributed by atoms with Crippen molar-refractivity contribution in [2.75, 3.05) is 30.0 Å². The molecule has 1 amide bonds. The normalized spacial score (nSPS) is 20.1. The number of nitrogens with one attached hydrogen (secondary N) is 1.